The molecule has 0 saturated carbocycles. The van der Waals surface area contributed by atoms with E-state index in [0.717, 1.165) is 12.1 Å². The fourth-order valence-corrected chi connectivity index (χ4v) is 2.50. The molecule has 0 saturated heterocycles. The molecule has 0 aromatic heterocycles. The molecule has 1 aromatic rings. The van der Waals surface area contributed by atoms with Crippen molar-refractivity contribution in [1.82, 2.24) is 0 Å². The maximum absolute atomic E-state index is 11.8. The largest absolute Gasteiger partial charge is 0.330 e. The second-order valence-corrected chi connectivity index (χ2v) is 6.45. The van der Waals surface area contributed by atoms with Crippen LogP contribution in [0.25, 0.3) is 0 Å². The highest BCUT2D eigenvalue weighted by atomic mass is 32.2. The quantitative estimate of drug-likeness (QED) is 0.806. The second kappa shape index (κ2) is 8.23. The van der Waals surface area contributed by atoms with Crippen molar-refractivity contribution in [2.75, 3.05) is 17.6 Å². The number of hydrogen-bond donors (Lipinski definition) is 2. The van der Waals surface area contributed by atoms with Crippen LogP contribution in [0.15, 0.2) is 24.3 Å². The molecule has 1 rings (SSSR count). The molecule has 3 nitrogen and oxygen atoms in total. The van der Waals surface area contributed by atoms with Crippen molar-refractivity contribution in [2.24, 2.45) is 5.73 Å². The summed E-state index contributed by atoms with van der Waals surface area (Å²) in [5.41, 5.74) is 7.63. The summed E-state index contributed by atoms with van der Waals surface area (Å²) in [4.78, 5) is 11.8. The number of carbonyl (C=O) groups is 1. The number of carbonyl (C=O) groups excluding carboxylic acids is 1. The molecular weight excluding hydrogens is 256 g/mol. The number of hydrogen-bond acceptors (Lipinski definition) is 3. The predicted octanol–water partition coefficient (Wildman–Crippen LogP) is 3.22. The Labute approximate surface area is 120 Å². The van der Waals surface area contributed by atoms with Gasteiger partial charge in [-0.2, -0.15) is 0 Å². The Bertz CT molecular complexity index is 390. The summed E-state index contributed by atoms with van der Waals surface area (Å²) in [5.74, 6) is 1.04. The van der Waals surface area contributed by atoms with Crippen molar-refractivity contribution >= 4 is 23.4 Å². The van der Waals surface area contributed by atoms with Crippen molar-refractivity contribution in [3.63, 3.8) is 0 Å². The summed E-state index contributed by atoms with van der Waals surface area (Å²) < 4.78 is 0. The maximum Gasteiger partial charge on any atom is 0.234 e. The van der Waals surface area contributed by atoms with E-state index >= 15 is 0 Å². The molecular formula is C15H24N2OS. The summed E-state index contributed by atoms with van der Waals surface area (Å²) in [7, 11) is 0. The van der Waals surface area contributed by atoms with E-state index < -0.39 is 0 Å². The van der Waals surface area contributed by atoms with E-state index in [0.29, 0.717) is 23.5 Å². The molecule has 4 heteroatoms. The molecule has 106 valence electrons. The van der Waals surface area contributed by atoms with Crippen LogP contribution in [0.4, 0.5) is 5.69 Å². The first-order valence-corrected chi connectivity index (χ1v) is 7.79. The van der Waals surface area contributed by atoms with Crippen LogP contribution in [0.5, 0.6) is 0 Å². The van der Waals surface area contributed by atoms with Crippen molar-refractivity contribution < 1.29 is 4.79 Å². The van der Waals surface area contributed by atoms with Crippen LogP contribution in [0.2, 0.25) is 0 Å². The summed E-state index contributed by atoms with van der Waals surface area (Å²) in [6.07, 6.45) is 0.945. The predicted molar refractivity (Wildman–Crippen MR) is 84.8 cm³/mol. The van der Waals surface area contributed by atoms with E-state index in [2.05, 4.69) is 38.2 Å². The van der Waals surface area contributed by atoms with Gasteiger partial charge in [0.25, 0.3) is 0 Å². The third kappa shape index (κ3) is 6.12. The SMILES string of the molecule is CC(CCN)SCC(=O)Nc1ccc(C(C)C)cc1. The van der Waals surface area contributed by atoms with E-state index in [-0.39, 0.29) is 5.91 Å². The van der Waals surface area contributed by atoms with Gasteiger partial charge in [-0.25, -0.2) is 0 Å². The third-order valence-corrected chi connectivity index (χ3v) is 4.17. The van der Waals surface area contributed by atoms with Gasteiger partial charge in [-0.05, 0) is 36.6 Å². The lowest BCUT2D eigenvalue weighted by atomic mass is 10.0. The number of rotatable bonds is 7. The fraction of sp³-hybridized carbons (Fsp3) is 0.533. The van der Waals surface area contributed by atoms with Gasteiger partial charge in [-0.3, -0.25) is 4.79 Å². The van der Waals surface area contributed by atoms with Crippen LogP contribution < -0.4 is 11.1 Å². The van der Waals surface area contributed by atoms with Crippen molar-refractivity contribution in [3.8, 4) is 0 Å². The number of thioether (sulfide) groups is 1. The van der Waals surface area contributed by atoms with Crippen LogP contribution in [0.3, 0.4) is 0 Å². The van der Waals surface area contributed by atoms with Gasteiger partial charge in [0, 0.05) is 10.9 Å². The fourth-order valence-electron chi connectivity index (χ4n) is 1.68. The first kappa shape index (κ1) is 16.1. The Kier molecular flexibility index (Phi) is 6.95. The topological polar surface area (TPSA) is 55.1 Å². The molecule has 0 aliphatic carbocycles. The van der Waals surface area contributed by atoms with Gasteiger partial charge in [0.15, 0.2) is 0 Å². The first-order valence-electron chi connectivity index (χ1n) is 6.74. The Morgan fingerprint density at radius 2 is 1.89 bits per heavy atom. The van der Waals surface area contributed by atoms with Crippen LogP contribution in [0.1, 0.15) is 38.7 Å². The van der Waals surface area contributed by atoms with Gasteiger partial charge in [0.2, 0.25) is 5.91 Å². The summed E-state index contributed by atoms with van der Waals surface area (Å²) in [6, 6.07) is 8.04. The Hall–Kier alpha value is -1.00. The van der Waals surface area contributed by atoms with Gasteiger partial charge < -0.3 is 11.1 Å². The number of nitrogens with two attached hydrogens (primary N) is 1. The molecule has 19 heavy (non-hydrogen) atoms. The van der Waals surface area contributed by atoms with Gasteiger partial charge in [-0.1, -0.05) is 32.9 Å². The van der Waals surface area contributed by atoms with Crippen LogP contribution in [0, 0.1) is 0 Å². The van der Waals surface area contributed by atoms with Crippen LogP contribution in [-0.4, -0.2) is 23.5 Å². The normalized spacial score (nSPS) is 12.5. The Balaban J connectivity index is 2.40. The number of amides is 1. The van der Waals surface area contributed by atoms with Crippen LogP contribution in [-0.2, 0) is 4.79 Å². The first-order chi connectivity index (χ1) is 9.02. The average molecular weight is 280 g/mol. The van der Waals surface area contributed by atoms with E-state index in [1.54, 1.807) is 11.8 Å². The molecule has 0 spiro atoms. The number of benzene rings is 1. The van der Waals surface area contributed by atoms with Crippen molar-refractivity contribution in [2.45, 2.75) is 38.4 Å². The minimum Gasteiger partial charge on any atom is -0.330 e. The molecule has 0 fully saturated rings. The zero-order valence-corrected chi connectivity index (χ0v) is 12.8. The molecule has 0 heterocycles. The molecule has 0 aliphatic heterocycles. The minimum atomic E-state index is 0.0474. The third-order valence-electron chi connectivity index (χ3n) is 2.93. The standard InChI is InChI=1S/C15H24N2OS/c1-11(2)13-4-6-14(7-5-13)17-15(18)10-19-12(3)8-9-16/h4-7,11-12H,8-10,16H2,1-3H3,(H,17,18). The van der Waals surface area contributed by atoms with E-state index in [1.807, 2.05) is 12.1 Å². The highest BCUT2D eigenvalue weighted by Gasteiger charge is 2.07. The summed E-state index contributed by atoms with van der Waals surface area (Å²) in [6.45, 7) is 7.08. The maximum atomic E-state index is 11.8. The van der Waals surface area contributed by atoms with Gasteiger partial charge in [0.1, 0.15) is 0 Å². The van der Waals surface area contributed by atoms with E-state index in [4.69, 9.17) is 5.73 Å². The molecule has 0 radical (unpaired) electrons. The molecule has 0 aliphatic rings. The summed E-state index contributed by atoms with van der Waals surface area (Å²) >= 11 is 1.64. The number of nitrogens with one attached hydrogen (secondary N) is 1. The lowest BCUT2D eigenvalue weighted by molar-refractivity contribution is -0.113. The lowest BCUT2D eigenvalue weighted by Crippen LogP contribution is -2.17. The van der Waals surface area contributed by atoms with Crippen molar-refractivity contribution in [3.05, 3.63) is 29.8 Å². The van der Waals surface area contributed by atoms with Crippen LogP contribution >= 0.6 is 11.8 Å². The van der Waals surface area contributed by atoms with Gasteiger partial charge in [-0.15, -0.1) is 11.8 Å². The smallest absolute Gasteiger partial charge is 0.234 e. The molecule has 1 aromatic carbocycles. The number of anilines is 1. The zero-order valence-electron chi connectivity index (χ0n) is 12.0. The second-order valence-electron chi connectivity index (χ2n) is 5.02. The molecule has 1 amide bonds. The Morgan fingerprint density at radius 1 is 1.26 bits per heavy atom. The zero-order chi connectivity index (χ0) is 14.3. The van der Waals surface area contributed by atoms with Crippen molar-refractivity contribution in [1.29, 1.82) is 0 Å². The summed E-state index contributed by atoms with van der Waals surface area (Å²) in [5, 5.41) is 3.34. The Morgan fingerprint density at radius 3 is 2.42 bits per heavy atom. The van der Waals surface area contributed by atoms with E-state index in [9.17, 15) is 4.79 Å². The van der Waals surface area contributed by atoms with E-state index in [1.165, 1.54) is 5.56 Å². The minimum absolute atomic E-state index is 0.0474. The lowest BCUT2D eigenvalue weighted by Gasteiger charge is -2.11. The molecule has 1 unspecified atom stereocenters. The molecule has 0 bridgehead atoms. The molecule has 3 N–H and O–H groups in total. The monoisotopic (exact) mass is 280 g/mol. The van der Waals surface area contributed by atoms with Gasteiger partial charge in [0.05, 0.1) is 5.75 Å². The average Bonchev–Trinajstić information content (AvgIpc) is 2.37. The highest BCUT2D eigenvalue weighted by Crippen LogP contribution is 2.18. The molecule has 1 atom stereocenters. The van der Waals surface area contributed by atoms with Gasteiger partial charge >= 0.3 is 0 Å². The highest BCUT2D eigenvalue weighted by molar-refractivity contribution is 8.00.